The van der Waals surface area contributed by atoms with Crippen LogP contribution in [0.3, 0.4) is 0 Å². The van der Waals surface area contributed by atoms with E-state index in [1.54, 1.807) is 67.8 Å². The molecule has 2 amide bonds. The van der Waals surface area contributed by atoms with Gasteiger partial charge in [0, 0.05) is 10.7 Å². The van der Waals surface area contributed by atoms with Gasteiger partial charge in [-0.05, 0) is 54.4 Å². The zero-order valence-corrected chi connectivity index (χ0v) is 18.6. The number of hydrogen-bond acceptors (Lipinski definition) is 5. The summed E-state index contributed by atoms with van der Waals surface area (Å²) in [6, 6.07) is 19.2. The Balaban J connectivity index is 1.86. The van der Waals surface area contributed by atoms with Crippen LogP contribution in [0.1, 0.15) is 11.1 Å². The SMILES string of the molecule is COc1ccc(C2=C(Nc3cc(Cl)ccc3C)C(=O)N(c3ccccc3OC)C2=O)cc1. The molecule has 0 saturated carbocycles. The molecule has 0 spiro atoms. The Morgan fingerprint density at radius 2 is 1.59 bits per heavy atom. The Kier molecular flexibility index (Phi) is 5.88. The summed E-state index contributed by atoms with van der Waals surface area (Å²) < 4.78 is 10.6. The predicted molar refractivity (Wildman–Crippen MR) is 125 cm³/mol. The molecular formula is C25H21ClN2O4. The highest BCUT2D eigenvalue weighted by Crippen LogP contribution is 2.38. The fourth-order valence-electron chi connectivity index (χ4n) is 3.57. The van der Waals surface area contributed by atoms with E-state index in [1.807, 2.05) is 13.0 Å². The minimum absolute atomic E-state index is 0.163. The van der Waals surface area contributed by atoms with Crippen molar-refractivity contribution in [1.82, 2.24) is 0 Å². The molecular weight excluding hydrogens is 428 g/mol. The van der Waals surface area contributed by atoms with Gasteiger partial charge in [0.1, 0.15) is 17.2 Å². The van der Waals surface area contributed by atoms with Gasteiger partial charge in [-0.2, -0.15) is 0 Å². The van der Waals surface area contributed by atoms with Crippen molar-refractivity contribution in [2.45, 2.75) is 6.92 Å². The molecule has 1 heterocycles. The van der Waals surface area contributed by atoms with Crippen molar-refractivity contribution in [2.24, 2.45) is 0 Å². The third kappa shape index (κ3) is 3.81. The van der Waals surface area contributed by atoms with Crippen molar-refractivity contribution >= 4 is 40.4 Å². The molecule has 0 bridgehead atoms. The molecule has 0 unspecified atom stereocenters. The van der Waals surface area contributed by atoms with E-state index in [0.29, 0.717) is 33.5 Å². The molecule has 32 heavy (non-hydrogen) atoms. The number of hydrogen-bond donors (Lipinski definition) is 1. The van der Waals surface area contributed by atoms with Gasteiger partial charge in [0.2, 0.25) is 0 Å². The topological polar surface area (TPSA) is 67.9 Å². The molecule has 0 saturated heterocycles. The molecule has 0 aromatic heterocycles. The summed E-state index contributed by atoms with van der Waals surface area (Å²) in [6.45, 7) is 1.89. The first kappa shape index (κ1) is 21.5. The molecule has 1 aliphatic rings. The van der Waals surface area contributed by atoms with E-state index in [1.165, 1.54) is 7.11 Å². The van der Waals surface area contributed by atoms with Gasteiger partial charge in [-0.15, -0.1) is 0 Å². The molecule has 0 radical (unpaired) electrons. The van der Waals surface area contributed by atoms with Crippen molar-refractivity contribution in [3.8, 4) is 11.5 Å². The molecule has 1 aliphatic heterocycles. The van der Waals surface area contributed by atoms with Gasteiger partial charge < -0.3 is 14.8 Å². The minimum Gasteiger partial charge on any atom is -0.497 e. The largest absolute Gasteiger partial charge is 0.497 e. The number of amides is 2. The van der Waals surface area contributed by atoms with Crippen LogP contribution in [0.25, 0.3) is 5.57 Å². The summed E-state index contributed by atoms with van der Waals surface area (Å²) in [5.74, 6) is 0.132. The smallest absolute Gasteiger partial charge is 0.282 e. The number of methoxy groups -OCH3 is 2. The van der Waals surface area contributed by atoms with Crippen LogP contribution in [0.2, 0.25) is 5.02 Å². The van der Waals surface area contributed by atoms with E-state index in [9.17, 15) is 9.59 Å². The number of ether oxygens (including phenoxy) is 2. The van der Waals surface area contributed by atoms with Crippen LogP contribution in [0.4, 0.5) is 11.4 Å². The minimum atomic E-state index is -0.482. The van der Waals surface area contributed by atoms with Crippen LogP contribution in [0.15, 0.2) is 72.4 Å². The first-order valence-corrected chi connectivity index (χ1v) is 10.3. The lowest BCUT2D eigenvalue weighted by Crippen LogP contribution is -2.32. The third-order valence-corrected chi connectivity index (χ3v) is 5.48. The van der Waals surface area contributed by atoms with Crippen LogP contribution in [-0.2, 0) is 9.59 Å². The van der Waals surface area contributed by atoms with Gasteiger partial charge in [-0.25, -0.2) is 4.90 Å². The average molecular weight is 449 g/mol. The van der Waals surface area contributed by atoms with Crippen LogP contribution >= 0.6 is 11.6 Å². The Morgan fingerprint density at radius 3 is 2.28 bits per heavy atom. The lowest BCUT2D eigenvalue weighted by molar-refractivity contribution is -0.120. The van der Waals surface area contributed by atoms with Gasteiger partial charge in [-0.3, -0.25) is 9.59 Å². The van der Waals surface area contributed by atoms with Crippen LogP contribution in [-0.4, -0.2) is 26.0 Å². The molecule has 162 valence electrons. The van der Waals surface area contributed by atoms with Crippen LogP contribution in [0.5, 0.6) is 11.5 Å². The third-order valence-electron chi connectivity index (χ3n) is 5.25. The summed E-state index contributed by atoms with van der Waals surface area (Å²) in [7, 11) is 3.06. The lowest BCUT2D eigenvalue weighted by atomic mass is 10.0. The van der Waals surface area contributed by atoms with E-state index < -0.39 is 11.8 Å². The highest BCUT2D eigenvalue weighted by Gasteiger charge is 2.41. The molecule has 3 aromatic carbocycles. The van der Waals surface area contributed by atoms with E-state index >= 15 is 0 Å². The second-order valence-electron chi connectivity index (χ2n) is 7.18. The second kappa shape index (κ2) is 8.77. The van der Waals surface area contributed by atoms with Crippen LogP contribution in [0, 0.1) is 6.92 Å². The van der Waals surface area contributed by atoms with E-state index in [4.69, 9.17) is 21.1 Å². The number of carbonyl (C=O) groups excluding carboxylic acids is 2. The highest BCUT2D eigenvalue weighted by molar-refractivity contribution is 6.46. The Hall–Kier alpha value is -3.77. The molecule has 0 aliphatic carbocycles. The number of anilines is 2. The van der Waals surface area contributed by atoms with Crippen molar-refractivity contribution in [2.75, 3.05) is 24.4 Å². The zero-order valence-electron chi connectivity index (χ0n) is 17.8. The normalized spacial score (nSPS) is 13.6. The van der Waals surface area contributed by atoms with Gasteiger partial charge in [0.05, 0.1) is 25.5 Å². The Labute approximate surface area is 191 Å². The van der Waals surface area contributed by atoms with E-state index in [-0.39, 0.29) is 11.3 Å². The fraction of sp³-hybridized carbons (Fsp3) is 0.120. The van der Waals surface area contributed by atoms with Crippen LogP contribution < -0.4 is 19.7 Å². The molecule has 1 N–H and O–H groups in total. The first-order chi connectivity index (χ1) is 15.4. The Bertz CT molecular complexity index is 1230. The van der Waals surface area contributed by atoms with Crippen molar-refractivity contribution < 1.29 is 19.1 Å². The number of imide groups is 1. The maximum Gasteiger partial charge on any atom is 0.282 e. The number of para-hydroxylation sites is 2. The maximum atomic E-state index is 13.6. The lowest BCUT2D eigenvalue weighted by Gasteiger charge is -2.18. The second-order valence-corrected chi connectivity index (χ2v) is 7.62. The zero-order chi connectivity index (χ0) is 22.8. The number of nitrogens with zero attached hydrogens (tertiary/aromatic N) is 1. The number of halogens is 1. The van der Waals surface area contributed by atoms with Gasteiger partial charge in [-0.1, -0.05) is 41.9 Å². The Morgan fingerprint density at radius 1 is 0.875 bits per heavy atom. The summed E-state index contributed by atoms with van der Waals surface area (Å²) in [6.07, 6.45) is 0. The summed E-state index contributed by atoms with van der Waals surface area (Å²) in [5, 5.41) is 3.67. The number of rotatable bonds is 6. The predicted octanol–water partition coefficient (Wildman–Crippen LogP) is 5.06. The number of nitrogens with one attached hydrogen (secondary N) is 1. The standard InChI is InChI=1S/C25H21ClN2O4/c1-15-8-11-17(26)14-19(15)27-23-22(16-9-12-18(31-2)13-10-16)24(29)28(25(23)30)20-6-4-5-7-21(20)32-3/h4-14,27H,1-3H3. The molecule has 4 rings (SSSR count). The summed E-state index contributed by atoms with van der Waals surface area (Å²) in [5.41, 5.74) is 2.90. The summed E-state index contributed by atoms with van der Waals surface area (Å²) >= 11 is 6.17. The number of carbonyl (C=O) groups is 2. The van der Waals surface area contributed by atoms with E-state index in [0.717, 1.165) is 10.5 Å². The fourth-order valence-corrected chi connectivity index (χ4v) is 3.74. The quantitative estimate of drug-likeness (QED) is 0.534. The first-order valence-electron chi connectivity index (χ1n) is 9.88. The van der Waals surface area contributed by atoms with Crippen molar-refractivity contribution in [1.29, 1.82) is 0 Å². The monoisotopic (exact) mass is 448 g/mol. The van der Waals surface area contributed by atoms with Crippen molar-refractivity contribution in [3.05, 3.63) is 88.6 Å². The maximum absolute atomic E-state index is 13.6. The summed E-state index contributed by atoms with van der Waals surface area (Å²) in [4.78, 5) is 28.3. The van der Waals surface area contributed by atoms with Crippen molar-refractivity contribution in [3.63, 3.8) is 0 Å². The molecule has 0 atom stereocenters. The van der Waals surface area contributed by atoms with E-state index in [2.05, 4.69) is 5.32 Å². The molecule has 6 nitrogen and oxygen atoms in total. The van der Waals surface area contributed by atoms with Gasteiger partial charge in [0.25, 0.3) is 11.8 Å². The molecule has 0 fully saturated rings. The average Bonchev–Trinajstić information content (AvgIpc) is 3.05. The molecule has 7 heteroatoms. The molecule has 3 aromatic rings. The number of benzene rings is 3. The highest BCUT2D eigenvalue weighted by atomic mass is 35.5. The van der Waals surface area contributed by atoms with Gasteiger partial charge in [0.15, 0.2) is 0 Å². The van der Waals surface area contributed by atoms with Gasteiger partial charge >= 0.3 is 0 Å². The number of aryl methyl sites for hydroxylation is 1.